The quantitative estimate of drug-likeness (QED) is 0.898. The van der Waals surface area contributed by atoms with E-state index in [2.05, 4.69) is 11.2 Å². The summed E-state index contributed by atoms with van der Waals surface area (Å²) < 4.78 is 1.91. The number of hydrogen-bond acceptors (Lipinski definition) is 2. The summed E-state index contributed by atoms with van der Waals surface area (Å²) in [5.74, 6) is 0.812. The molecule has 2 aromatic heterocycles. The fourth-order valence-corrected chi connectivity index (χ4v) is 3.15. The van der Waals surface area contributed by atoms with E-state index < -0.39 is 0 Å². The van der Waals surface area contributed by atoms with Gasteiger partial charge in [0.1, 0.15) is 0 Å². The van der Waals surface area contributed by atoms with Crippen LogP contribution in [0.5, 0.6) is 0 Å². The van der Waals surface area contributed by atoms with E-state index in [4.69, 9.17) is 5.73 Å². The molecule has 0 bridgehead atoms. The summed E-state index contributed by atoms with van der Waals surface area (Å²) in [6.45, 7) is 0. The molecule has 3 rings (SSSR count). The van der Waals surface area contributed by atoms with Gasteiger partial charge in [-0.15, -0.1) is 0 Å². The van der Waals surface area contributed by atoms with E-state index >= 15 is 0 Å². The third-order valence-electron chi connectivity index (χ3n) is 4.17. The molecule has 18 heavy (non-hydrogen) atoms. The molecule has 2 N–H and O–H groups in total. The highest BCUT2D eigenvalue weighted by Gasteiger charge is 2.19. The third kappa shape index (κ3) is 2.27. The van der Waals surface area contributed by atoms with E-state index in [1.165, 1.54) is 37.7 Å². The van der Waals surface area contributed by atoms with Crippen molar-refractivity contribution in [2.75, 3.05) is 0 Å². The highest BCUT2D eigenvalue weighted by molar-refractivity contribution is 5.54. The van der Waals surface area contributed by atoms with Crippen LogP contribution in [0.15, 0.2) is 30.6 Å². The van der Waals surface area contributed by atoms with Gasteiger partial charge in [0.2, 0.25) is 0 Å². The minimum absolute atomic E-state index is 0.132. The van der Waals surface area contributed by atoms with Crippen molar-refractivity contribution in [1.29, 1.82) is 0 Å². The first-order valence-corrected chi connectivity index (χ1v) is 7.02. The smallest absolute Gasteiger partial charge is 0.0709 e. The Kier molecular flexibility index (Phi) is 3.33. The third-order valence-corrected chi connectivity index (χ3v) is 4.17. The highest BCUT2D eigenvalue weighted by atomic mass is 15.2. The summed E-state index contributed by atoms with van der Waals surface area (Å²) in [4.78, 5) is 0. The van der Waals surface area contributed by atoms with Crippen molar-refractivity contribution in [2.24, 2.45) is 11.7 Å². The van der Waals surface area contributed by atoms with Crippen molar-refractivity contribution in [1.82, 2.24) is 9.61 Å². The van der Waals surface area contributed by atoms with Crippen molar-refractivity contribution in [3.63, 3.8) is 0 Å². The van der Waals surface area contributed by atoms with Crippen LogP contribution in [0.3, 0.4) is 0 Å². The number of rotatable bonds is 3. The molecule has 1 aliphatic rings. The van der Waals surface area contributed by atoms with E-state index in [-0.39, 0.29) is 6.04 Å². The fourth-order valence-electron chi connectivity index (χ4n) is 3.15. The lowest BCUT2D eigenvalue weighted by molar-refractivity contribution is 0.319. The van der Waals surface area contributed by atoms with Gasteiger partial charge < -0.3 is 5.73 Å². The van der Waals surface area contributed by atoms with E-state index in [0.29, 0.717) is 0 Å². The number of aromatic nitrogens is 2. The molecule has 3 heteroatoms. The number of pyridine rings is 1. The Hall–Kier alpha value is -1.35. The molecule has 3 nitrogen and oxygen atoms in total. The van der Waals surface area contributed by atoms with E-state index in [1.807, 2.05) is 29.0 Å². The van der Waals surface area contributed by atoms with Gasteiger partial charge in [-0.25, -0.2) is 4.52 Å². The molecular formula is C15H21N3. The zero-order valence-corrected chi connectivity index (χ0v) is 10.8. The number of nitrogens with two attached hydrogens (primary N) is 1. The van der Waals surface area contributed by atoms with Crippen LogP contribution in [0.25, 0.3) is 5.52 Å². The van der Waals surface area contributed by atoms with Gasteiger partial charge in [-0.2, -0.15) is 5.10 Å². The zero-order valence-electron chi connectivity index (χ0n) is 10.8. The summed E-state index contributed by atoms with van der Waals surface area (Å²) in [6, 6.07) is 6.28. The zero-order chi connectivity index (χ0) is 12.4. The molecule has 1 unspecified atom stereocenters. The first-order valence-electron chi connectivity index (χ1n) is 7.02. The highest BCUT2D eigenvalue weighted by Crippen LogP contribution is 2.31. The predicted molar refractivity (Wildman–Crippen MR) is 73.3 cm³/mol. The topological polar surface area (TPSA) is 43.3 Å². The Balaban J connectivity index is 1.76. The second-order valence-corrected chi connectivity index (χ2v) is 5.48. The lowest BCUT2D eigenvalue weighted by atomic mass is 9.84. The van der Waals surface area contributed by atoms with Gasteiger partial charge in [0.15, 0.2) is 0 Å². The molecule has 1 fully saturated rings. The second kappa shape index (κ2) is 5.11. The van der Waals surface area contributed by atoms with Crippen molar-refractivity contribution in [3.05, 3.63) is 36.2 Å². The van der Waals surface area contributed by atoms with Crippen LogP contribution in [0, 0.1) is 5.92 Å². The summed E-state index contributed by atoms with van der Waals surface area (Å²) >= 11 is 0. The first kappa shape index (κ1) is 11.7. The van der Waals surface area contributed by atoms with E-state index in [0.717, 1.165) is 17.9 Å². The van der Waals surface area contributed by atoms with Gasteiger partial charge in [0.05, 0.1) is 11.7 Å². The Morgan fingerprint density at radius 3 is 2.94 bits per heavy atom. The average molecular weight is 243 g/mol. The predicted octanol–water partition coefficient (Wildman–Crippen LogP) is 3.30. The molecule has 0 aromatic carbocycles. The molecule has 0 saturated heterocycles. The molecule has 96 valence electrons. The second-order valence-electron chi connectivity index (χ2n) is 5.48. The van der Waals surface area contributed by atoms with Crippen LogP contribution in [-0.4, -0.2) is 9.61 Å². The summed E-state index contributed by atoms with van der Waals surface area (Å²) in [6.07, 6.45) is 11.9. The Labute approximate surface area is 108 Å². The van der Waals surface area contributed by atoms with Crippen molar-refractivity contribution in [2.45, 2.75) is 44.6 Å². The minimum atomic E-state index is 0.132. The summed E-state index contributed by atoms with van der Waals surface area (Å²) in [5, 5.41) is 4.37. The number of nitrogens with zero attached hydrogens (tertiary/aromatic N) is 2. The normalized spacial score (nSPS) is 19.2. The van der Waals surface area contributed by atoms with Gasteiger partial charge >= 0.3 is 0 Å². The SMILES string of the molecule is NC(CC1CCCCC1)c1cnn2ccccc12. The van der Waals surface area contributed by atoms with Gasteiger partial charge in [-0.3, -0.25) is 0 Å². The standard InChI is InChI=1S/C15H21N3/c16-14(10-12-6-2-1-3-7-12)13-11-17-18-9-5-4-8-15(13)18/h4-5,8-9,11-12,14H,1-3,6-7,10,16H2. The largest absolute Gasteiger partial charge is 0.324 e. The molecule has 0 aliphatic heterocycles. The molecule has 0 amide bonds. The van der Waals surface area contributed by atoms with E-state index in [9.17, 15) is 0 Å². The van der Waals surface area contributed by atoms with Gasteiger partial charge in [-0.05, 0) is 24.5 Å². The molecule has 0 radical (unpaired) electrons. The maximum Gasteiger partial charge on any atom is 0.0709 e. The first-order chi connectivity index (χ1) is 8.84. The Bertz CT molecular complexity index is 511. The molecule has 2 aromatic rings. The maximum atomic E-state index is 6.38. The molecule has 2 heterocycles. The van der Waals surface area contributed by atoms with Crippen molar-refractivity contribution in [3.8, 4) is 0 Å². The van der Waals surface area contributed by atoms with Gasteiger partial charge in [0.25, 0.3) is 0 Å². The summed E-state index contributed by atoms with van der Waals surface area (Å²) in [7, 11) is 0. The Morgan fingerprint density at radius 1 is 1.28 bits per heavy atom. The maximum absolute atomic E-state index is 6.38. The molecule has 0 spiro atoms. The molecule has 1 saturated carbocycles. The lowest BCUT2D eigenvalue weighted by Crippen LogP contribution is -2.17. The van der Waals surface area contributed by atoms with Gasteiger partial charge in [0, 0.05) is 17.8 Å². The van der Waals surface area contributed by atoms with E-state index in [1.54, 1.807) is 0 Å². The molecule has 1 aliphatic carbocycles. The monoisotopic (exact) mass is 243 g/mol. The van der Waals surface area contributed by atoms with Crippen LogP contribution >= 0.6 is 0 Å². The van der Waals surface area contributed by atoms with Crippen LogP contribution in [0.2, 0.25) is 0 Å². The number of fused-ring (bicyclic) bond motifs is 1. The van der Waals surface area contributed by atoms with Crippen molar-refractivity contribution < 1.29 is 0 Å². The van der Waals surface area contributed by atoms with Gasteiger partial charge in [-0.1, -0.05) is 38.2 Å². The Morgan fingerprint density at radius 2 is 2.11 bits per heavy atom. The van der Waals surface area contributed by atoms with Crippen LogP contribution in [0.4, 0.5) is 0 Å². The van der Waals surface area contributed by atoms with Crippen LogP contribution < -0.4 is 5.73 Å². The summed E-state index contributed by atoms with van der Waals surface area (Å²) in [5.41, 5.74) is 8.73. The van der Waals surface area contributed by atoms with Crippen molar-refractivity contribution >= 4 is 5.52 Å². The molecular weight excluding hydrogens is 222 g/mol. The minimum Gasteiger partial charge on any atom is -0.324 e. The van der Waals surface area contributed by atoms with Crippen LogP contribution in [0.1, 0.15) is 50.1 Å². The molecule has 1 atom stereocenters. The lowest BCUT2D eigenvalue weighted by Gasteiger charge is -2.24. The number of hydrogen-bond donors (Lipinski definition) is 1. The average Bonchev–Trinajstić information content (AvgIpc) is 2.84. The fraction of sp³-hybridized carbons (Fsp3) is 0.533. The van der Waals surface area contributed by atoms with Crippen LogP contribution in [-0.2, 0) is 0 Å².